The first-order valence-electron chi connectivity index (χ1n) is 13.9. The van der Waals surface area contributed by atoms with Crippen LogP contribution >= 0.6 is 11.6 Å². The molecule has 43 heavy (non-hydrogen) atoms. The molecule has 0 radical (unpaired) electrons. The van der Waals surface area contributed by atoms with Crippen molar-refractivity contribution in [1.29, 1.82) is 0 Å². The minimum absolute atomic E-state index is 0.00862. The maximum Gasteiger partial charge on any atom is 0.416 e. The summed E-state index contributed by atoms with van der Waals surface area (Å²) in [5, 5.41) is 10.4. The van der Waals surface area contributed by atoms with Gasteiger partial charge >= 0.3 is 12.2 Å². The summed E-state index contributed by atoms with van der Waals surface area (Å²) in [4.78, 5) is 55.8. The van der Waals surface area contributed by atoms with Crippen LogP contribution in [0.25, 0.3) is 10.9 Å². The Kier molecular flexibility index (Phi) is 7.53. The van der Waals surface area contributed by atoms with Crippen LogP contribution in [0.2, 0.25) is 5.02 Å². The lowest BCUT2D eigenvalue weighted by Crippen LogP contribution is -2.48. The first-order valence-corrected chi connectivity index (χ1v) is 14.3. The zero-order valence-corrected chi connectivity index (χ0v) is 23.7. The maximum atomic E-state index is 14.0. The van der Waals surface area contributed by atoms with E-state index in [1.54, 1.807) is 22.1 Å². The number of alkyl halides is 3. The van der Waals surface area contributed by atoms with Crippen LogP contribution in [0.5, 0.6) is 0 Å². The fraction of sp³-hybridized carbons (Fsp3) is 0.414. The quantitative estimate of drug-likeness (QED) is 0.422. The second-order valence-corrected chi connectivity index (χ2v) is 11.6. The molecule has 6 rings (SSSR count). The highest BCUT2D eigenvalue weighted by Gasteiger charge is 2.38. The normalized spacial score (nSPS) is 20.0. The van der Waals surface area contributed by atoms with Gasteiger partial charge in [-0.25, -0.2) is 4.79 Å². The molecule has 0 bridgehead atoms. The molecule has 4 heterocycles. The molecule has 2 fully saturated rings. The van der Waals surface area contributed by atoms with E-state index >= 15 is 0 Å². The number of imide groups is 1. The Morgan fingerprint density at radius 3 is 2.44 bits per heavy atom. The first kappa shape index (κ1) is 29.0. The molecule has 3 aromatic rings. The van der Waals surface area contributed by atoms with Crippen LogP contribution in [-0.2, 0) is 40.1 Å². The Morgan fingerprint density at radius 2 is 1.79 bits per heavy atom. The Hall–Kier alpha value is -4.13. The maximum absolute atomic E-state index is 14.0. The lowest BCUT2D eigenvalue weighted by atomic mass is 9.92. The van der Waals surface area contributed by atoms with Gasteiger partial charge in [0.1, 0.15) is 6.54 Å². The molecule has 3 aliphatic heterocycles. The van der Waals surface area contributed by atoms with E-state index in [9.17, 15) is 32.3 Å². The number of urea groups is 1. The fourth-order valence-corrected chi connectivity index (χ4v) is 6.54. The largest absolute Gasteiger partial charge is 0.416 e. The van der Waals surface area contributed by atoms with E-state index in [1.807, 2.05) is 0 Å². The Labute approximate surface area is 249 Å². The first-order chi connectivity index (χ1) is 20.5. The van der Waals surface area contributed by atoms with Gasteiger partial charge in [-0.3, -0.25) is 24.8 Å². The average molecular weight is 617 g/mol. The molecule has 1 atom stereocenters. The third-order valence-corrected chi connectivity index (χ3v) is 8.82. The van der Waals surface area contributed by atoms with E-state index in [0.29, 0.717) is 42.0 Å². The number of amides is 5. The van der Waals surface area contributed by atoms with Gasteiger partial charge in [-0.15, -0.1) is 0 Å². The number of aromatic nitrogens is 2. The number of likely N-dealkylation sites (tertiary alicyclic amines) is 1. The molecule has 3 aliphatic rings. The average Bonchev–Trinajstić information content (AvgIpc) is 3.57. The highest BCUT2D eigenvalue weighted by atomic mass is 35.5. The van der Waals surface area contributed by atoms with Gasteiger partial charge in [0, 0.05) is 44.0 Å². The lowest BCUT2D eigenvalue weighted by Gasteiger charge is -2.36. The number of carbonyl (C=O) groups is 4. The summed E-state index contributed by atoms with van der Waals surface area (Å²) in [6.07, 6.45) is -1.61. The van der Waals surface area contributed by atoms with Crippen LogP contribution in [0.4, 0.5) is 18.0 Å². The molecule has 1 aromatic heterocycles. The monoisotopic (exact) mass is 616 g/mol. The van der Waals surface area contributed by atoms with Gasteiger partial charge in [-0.05, 0) is 54.2 Å². The highest BCUT2D eigenvalue weighted by Crippen LogP contribution is 2.35. The van der Waals surface area contributed by atoms with Crippen LogP contribution < -0.4 is 5.32 Å². The topological polar surface area (TPSA) is 119 Å². The van der Waals surface area contributed by atoms with Crippen LogP contribution in [0.1, 0.15) is 41.5 Å². The molecule has 0 spiro atoms. The van der Waals surface area contributed by atoms with Crippen LogP contribution in [-0.4, -0.2) is 74.3 Å². The van der Waals surface area contributed by atoms with Crippen molar-refractivity contribution in [3.05, 3.63) is 63.8 Å². The molecule has 2 aromatic carbocycles. The molecular formula is C29H28ClF3N6O4. The molecular weight excluding hydrogens is 589 g/mol. The van der Waals surface area contributed by atoms with E-state index in [1.165, 1.54) is 17.0 Å². The van der Waals surface area contributed by atoms with Crippen molar-refractivity contribution in [2.75, 3.05) is 19.6 Å². The zero-order valence-electron chi connectivity index (χ0n) is 22.9. The summed E-state index contributed by atoms with van der Waals surface area (Å²) in [6.45, 7) is 1.01. The smallest absolute Gasteiger partial charge is 0.343 e. The van der Waals surface area contributed by atoms with Crippen molar-refractivity contribution < 1.29 is 32.3 Å². The minimum atomic E-state index is -4.47. The number of halogens is 4. The van der Waals surface area contributed by atoms with Crippen molar-refractivity contribution in [2.45, 2.75) is 51.0 Å². The molecule has 226 valence electrons. The molecule has 14 heteroatoms. The third-order valence-electron chi connectivity index (χ3n) is 8.52. The van der Waals surface area contributed by atoms with Crippen molar-refractivity contribution in [3.63, 3.8) is 0 Å². The number of aromatic amines is 1. The van der Waals surface area contributed by atoms with Gasteiger partial charge < -0.3 is 14.7 Å². The van der Waals surface area contributed by atoms with Crippen molar-refractivity contribution in [1.82, 2.24) is 30.2 Å². The van der Waals surface area contributed by atoms with E-state index in [0.717, 1.165) is 28.6 Å². The third kappa shape index (κ3) is 5.77. The van der Waals surface area contributed by atoms with Crippen molar-refractivity contribution in [3.8, 4) is 0 Å². The standard InChI is InChI=1S/C29H28ClF3N6O4/c30-23-10-17-9-18(11-25(41)37-7-5-20(6-8-37)39-15-24(40)35-28(39)43)27(42)38(14-22(17)21-12-34-36-26(21)23)13-16-1-3-19(4-2-16)29(31,32)33/h1-4,10,12,18,20H,5-9,11,13-15H2,(H,34,36)(H,35,40,43)/t18-/m1/s1. The van der Waals surface area contributed by atoms with Gasteiger partial charge in [0.15, 0.2) is 0 Å². The van der Waals surface area contributed by atoms with E-state index < -0.39 is 23.7 Å². The van der Waals surface area contributed by atoms with Gasteiger partial charge in [0.2, 0.25) is 17.7 Å². The molecule has 2 N–H and O–H groups in total. The highest BCUT2D eigenvalue weighted by molar-refractivity contribution is 6.35. The molecule has 0 saturated carbocycles. The van der Waals surface area contributed by atoms with Crippen LogP contribution in [0.3, 0.4) is 0 Å². The zero-order chi connectivity index (χ0) is 30.5. The van der Waals surface area contributed by atoms with Gasteiger partial charge in [-0.1, -0.05) is 23.7 Å². The second kappa shape index (κ2) is 11.2. The number of nitrogens with zero attached hydrogens (tertiary/aromatic N) is 4. The van der Waals surface area contributed by atoms with E-state index in [2.05, 4.69) is 15.5 Å². The fourth-order valence-electron chi connectivity index (χ4n) is 6.26. The SMILES string of the molecule is O=C1CN(C2CCN(C(=O)C[C@H]3Cc4cc(Cl)c5[nH]ncc5c4CN(Cc4ccc(C(F)(F)F)cc4)C3=O)CC2)C(=O)N1. The summed E-state index contributed by atoms with van der Waals surface area (Å²) >= 11 is 6.51. The number of nitrogens with one attached hydrogen (secondary N) is 2. The summed E-state index contributed by atoms with van der Waals surface area (Å²) < 4.78 is 39.3. The molecule has 2 saturated heterocycles. The predicted molar refractivity (Wildman–Crippen MR) is 148 cm³/mol. The number of H-pyrrole nitrogens is 1. The number of hydrogen-bond acceptors (Lipinski definition) is 5. The van der Waals surface area contributed by atoms with Gasteiger partial charge in [0.25, 0.3) is 0 Å². The van der Waals surface area contributed by atoms with Crippen molar-refractivity contribution >= 4 is 46.3 Å². The summed E-state index contributed by atoms with van der Waals surface area (Å²) in [7, 11) is 0. The molecule has 0 unspecified atom stereocenters. The lowest BCUT2D eigenvalue weighted by molar-refractivity contribution is -0.142. The molecule has 5 amide bonds. The predicted octanol–water partition coefficient (Wildman–Crippen LogP) is 3.87. The van der Waals surface area contributed by atoms with E-state index in [-0.39, 0.29) is 56.2 Å². The number of carbonyl (C=O) groups excluding carboxylic acids is 4. The summed E-state index contributed by atoms with van der Waals surface area (Å²) in [6, 6.07) is 5.90. The number of piperidine rings is 1. The van der Waals surface area contributed by atoms with Gasteiger partial charge in [-0.2, -0.15) is 18.3 Å². The Bertz CT molecular complexity index is 1600. The number of fused-ring (bicyclic) bond motifs is 3. The number of rotatable bonds is 5. The number of benzene rings is 2. The second-order valence-electron chi connectivity index (χ2n) is 11.2. The Morgan fingerprint density at radius 1 is 1.07 bits per heavy atom. The van der Waals surface area contributed by atoms with Crippen LogP contribution in [0.15, 0.2) is 36.5 Å². The van der Waals surface area contributed by atoms with Gasteiger partial charge in [0.05, 0.1) is 28.2 Å². The molecule has 10 nitrogen and oxygen atoms in total. The molecule has 0 aliphatic carbocycles. The summed E-state index contributed by atoms with van der Waals surface area (Å²) in [5.41, 5.74) is 2.00. The van der Waals surface area contributed by atoms with Crippen LogP contribution in [0, 0.1) is 5.92 Å². The minimum Gasteiger partial charge on any atom is -0.343 e. The number of hydrogen-bond donors (Lipinski definition) is 2. The summed E-state index contributed by atoms with van der Waals surface area (Å²) in [5.74, 6) is -1.54. The van der Waals surface area contributed by atoms with E-state index in [4.69, 9.17) is 11.6 Å². The Balaban J connectivity index is 1.22. The van der Waals surface area contributed by atoms with Crippen molar-refractivity contribution in [2.24, 2.45) is 5.92 Å².